The van der Waals surface area contributed by atoms with Crippen molar-refractivity contribution in [2.24, 2.45) is 0 Å². The lowest BCUT2D eigenvalue weighted by molar-refractivity contribution is -0.167. The highest BCUT2D eigenvalue weighted by Crippen LogP contribution is 2.27. The lowest BCUT2D eigenvalue weighted by Gasteiger charge is -2.11. The summed E-state index contributed by atoms with van der Waals surface area (Å²) < 4.78 is 40.9. The highest BCUT2D eigenvalue weighted by atomic mass is 19.4. The summed E-state index contributed by atoms with van der Waals surface area (Å²) in [5.41, 5.74) is 0.348. The van der Waals surface area contributed by atoms with Crippen LogP contribution >= 0.6 is 0 Å². The van der Waals surface area contributed by atoms with Crippen LogP contribution < -0.4 is 10.1 Å². The van der Waals surface area contributed by atoms with E-state index < -0.39 is 12.1 Å². The molecule has 0 aromatic heterocycles. The van der Waals surface area contributed by atoms with Crippen LogP contribution in [0.25, 0.3) is 0 Å². The van der Waals surface area contributed by atoms with Crippen LogP contribution in [0.5, 0.6) is 5.75 Å². The van der Waals surface area contributed by atoms with Crippen LogP contribution in [0.2, 0.25) is 0 Å². The molecular weight excluding hydrogens is 235 g/mol. The molecule has 0 atom stereocenters. The third-order valence-electron chi connectivity index (χ3n) is 1.87. The molecule has 0 aliphatic carbocycles. The van der Waals surface area contributed by atoms with Crippen LogP contribution in [0.3, 0.4) is 0 Å². The number of amides is 1. The molecule has 0 heterocycles. The number of benzene rings is 1. The molecule has 1 aromatic rings. The summed E-state index contributed by atoms with van der Waals surface area (Å²) in [6.45, 7) is 0. The number of ether oxygens (including phenoxy) is 1. The lowest BCUT2D eigenvalue weighted by Crippen LogP contribution is -2.30. The molecule has 1 aromatic carbocycles. The van der Waals surface area contributed by atoms with Crippen molar-refractivity contribution in [3.8, 4) is 18.1 Å². The molecule has 1 rings (SSSR count). The highest BCUT2D eigenvalue weighted by Gasteiger charge is 2.39. The Hall–Kier alpha value is -2.16. The van der Waals surface area contributed by atoms with Gasteiger partial charge in [-0.2, -0.15) is 13.2 Å². The average molecular weight is 243 g/mol. The molecule has 0 unspecified atom stereocenters. The number of hydrogen-bond donors (Lipinski definition) is 1. The number of hydrogen-bond acceptors (Lipinski definition) is 2. The Kier molecular flexibility index (Phi) is 3.63. The number of rotatable bonds is 2. The molecular formula is C11H8F3NO2. The average Bonchev–Trinajstić information content (AvgIpc) is 2.28. The molecule has 0 saturated heterocycles. The molecule has 0 radical (unpaired) electrons. The zero-order valence-corrected chi connectivity index (χ0v) is 8.76. The van der Waals surface area contributed by atoms with Crippen molar-refractivity contribution in [3.63, 3.8) is 0 Å². The SMILES string of the molecule is C#Cc1ccc(NC(=O)C(F)(F)F)c(OC)c1. The molecule has 0 aliphatic heterocycles. The molecule has 0 bridgehead atoms. The van der Waals surface area contributed by atoms with Gasteiger partial charge in [0, 0.05) is 5.56 Å². The maximum Gasteiger partial charge on any atom is 0.471 e. The first-order valence-corrected chi connectivity index (χ1v) is 4.41. The number of halogens is 3. The van der Waals surface area contributed by atoms with Crippen molar-refractivity contribution in [2.75, 3.05) is 12.4 Å². The van der Waals surface area contributed by atoms with Gasteiger partial charge in [0.15, 0.2) is 0 Å². The Morgan fingerprint density at radius 2 is 2.12 bits per heavy atom. The zero-order chi connectivity index (χ0) is 13.1. The van der Waals surface area contributed by atoms with Gasteiger partial charge in [0.2, 0.25) is 0 Å². The second-order valence-corrected chi connectivity index (χ2v) is 3.01. The molecule has 0 spiro atoms. The third kappa shape index (κ3) is 3.14. The molecule has 3 nitrogen and oxygen atoms in total. The van der Waals surface area contributed by atoms with E-state index >= 15 is 0 Å². The molecule has 0 saturated carbocycles. The maximum absolute atomic E-state index is 12.0. The van der Waals surface area contributed by atoms with Crippen LogP contribution in [0.1, 0.15) is 5.56 Å². The van der Waals surface area contributed by atoms with E-state index in [9.17, 15) is 18.0 Å². The molecule has 0 aliphatic rings. The van der Waals surface area contributed by atoms with E-state index in [4.69, 9.17) is 11.2 Å². The first-order valence-electron chi connectivity index (χ1n) is 4.41. The summed E-state index contributed by atoms with van der Waals surface area (Å²) in [6, 6.07) is 4.00. The van der Waals surface area contributed by atoms with E-state index in [0.717, 1.165) is 0 Å². The van der Waals surface area contributed by atoms with Gasteiger partial charge in [0.1, 0.15) is 5.75 Å². The van der Waals surface area contributed by atoms with E-state index in [-0.39, 0.29) is 11.4 Å². The fourth-order valence-electron chi connectivity index (χ4n) is 1.08. The van der Waals surface area contributed by atoms with E-state index in [2.05, 4.69) is 5.92 Å². The molecule has 0 fully saturated rings. The Morgan fingerprint density at radius 3 is 2.59 bits per heavy atom. The Bertz CT molecular complexity index is 475. The van der Waals surface area contributed by atoms with Gasteiger partial charge in [-0.15, -0.1) is 6.42 Å². The van der Waals surface area contributed by atoms with Crippen molar-refractivity contribution in [2.45, 2.75) is 6.18 Å². The number of anilines is 1. The van der Waals surface area contributed by atoms with Gasteiger partial charge in [0.05, 0.1) is 12.8 Å². The lowest BCUT2D eigenvalue weighted by atomic mass is 10.2. The molecule has 17 heavy (non-hydrogen) atoms. The van der Waals surface area contributed by atoms with Crippen LogP contribution in [0.4, 0.5) is 18.9 Å². The van der Waals surface area contributed by atoms with Crippen molar-refractivity contribution < 1.29 is 22.7 Å². The zero-order valence-electron chi connectivity index (χ0n) is 8.76. The predicted octanol–water partition coefficient (Wildman–Crippen LogP) is 2.18. The summed E-state index contributed by atoms with van der Waals surface area (Å²) in [7, 11) is 1.26. The quantitative estimate of drug-likeness (QED) is 0.808. The number of carbonyl (C=O) groups is 1. The first-order chi connectivity index (χ1) is 7.88. The summed E-state index contributed by atoms with van der Waals surface area (Å²) in [5, 5.41) is 1.70. The largest absolute Gasteiger partial charge is 0.495 e. The fourth-order valence-corrected chi connectivity index (χ4v) is 1.08. The summed E-state index contributed by atoms with van der Waals surface area (Å²) in [4.78, 5) is 10.7. The fraction of sp³-hybridized carbons (Fsp3) is 0.182. The van der Waals surface area contributed by atoms with Crippen LogP contribution in [-0.4, -0.2) is 19.2 Å². The highest BCUT2D eigenvalue weighted by molar-refractivity contribution is 5.96. The maximum atomic E-state index is 12.0. The minimum Gasteiger partial charge on any atom is -0.495 e. The van der Waals surface area contributed by atoms with Gasteiger partial charge in [-0.25, -0.2) is 0 Å². The first kappa shape index (κ1) is 12.9. The van der Waals surface area contributed by atoms with Crippen molar-refractivity contribution in [3.05, 3.63) is 23.8 Å². The van der Waals surface area contributed by atoms with Gasteiger partial charge in [-0.3, -0.25) is 4.79 Å². The standard InChI is InChI=1S/C11H8F3NO2/c1-3-7-4-5-8(9(6-7)17-2)15-10(16)11(12,13)14/h1,4-6H,2H3,(H,15,16). The number of terminal acetylenes is 1. The summed E-state index contributed by atoms with van der Waals surface area (Å²) in [5.74, 6) is 0.300. The van der Waals surface area contributed by atoms with Crippen LogP contribution in [-0.2, 0) is 4.79 Å². The van der Waals surface area contributed by atoms with Gasteiger partial charge in [-0.1, -0.05) is 5.92 Å². The Labute approximate surface area is 95.6 Å². The Morgan fingerprint density at radius 1 is 1.47 bits per heavy atom. The van der Waals surface area contributed by atoms with Gasteiger partial charge >= 0.3 is 12.1 Å². The minimum absolute atomic E-state index is 0.0676. The van der Waals surface area contributed by atoms with Gasteiger partial charge in [0.25, 0.3) is 0 Å². The summed E-state index contributed by atoms with van der Waals surface area (Å²) in [6.07, 6.45) is 0.172. The van der Waals surface area contributed by atoms with Crippen molar-refractivity contribution >= 4 is 11.6 Å². The van der Waals surface area contributed by atoms with Gasteiger partial charge < -0.3 is 10.1 Å². The van der Waals surface area contributed by atoms with Crippen LogP contribution in [0, 0.1) is 12.3 Å². The molecule has 1 N–H and O–H groups in total. The van der Waals surface area contributed by atoms with Crippen molar-refractivity contribution in [1.82, 2.24) is 0 Å². The normalized spacial score (nSPS) is 10.5. The minimum atomic E-state index is -4.95. The number of methoxy groups -OCH3 is 1. The number of carbonyl (C=O) groups excluding carboxylic acids is 1. The van der Waals surface area contributed by atoms with Crippen LogP contribution in [0.15, 0.2) is 18.2 Å². The van der Waals surface area contributed by atoms with E-state index in [0.29, 0.717) is 5.56 Å². The monoisotopic (exact) mass is 243 g/mol. The molecule has 6 heteroatoms. The predicted molar refractivity (Wildman–Crippen MR) is 55.6 cm³/mol. The van der Waals surface area contributed by atoms with Crippen molar-refractivity contribution in [1.29, 1.82) is 0 Å². The number of nitrogens with one attached hydrogen (secondary N) is 1. The second kappa shape index (κ2) is 4.78. The molecule has 1 amide bonds. The van der Waals surface area contributed by atoms with E-state index in [1.807, 2.05) is 0 Å². The van der Waals surface area contributed by atoms with E-state index in [1.165, 1.54) is 25.3 Å². The number of alkyl halides is 3. The smallest absolute Gasteiger partial charge is 0.471 e. The molecule has 90 valence electrons. The topological polar surface area (TPSA) is 38.3 Å². The second-order valence-electron chi connectivity index (χ2n) is 3.01. The summed E-state index contributed by atoms with van der Waals surface area (Å²) >= 11 is 0. The third-order valence-corrected chi connectivity index (χ3v) is 1.87. The van der Waals surface area contributed by atoms with Gasteiger partial charge in [-0.05, 0) is 18.2 Å². The van der Waals surface area contributed by atoms with E-state index in [1.54, 1.807) is 5.32 Å². The Balaban J connectivity index is 3.00.